The molecule has 1 aromatic rings. The van der Waals surface area contributed by atoms with Gasteiger partial charge in [0.1, 0.15) is 5.75 Å². The first-order valence-electron chi connectivity index (χ1n) is 8.19. The van der Waals surface area contributed by atoms with E-state index in [1.807, 2.05) is 0 Å². The number of carbonyl (C=O) groups is 2. The molecule has 2 aliphatic rings. The van der Waals surface area contributed by atoms with Gasteiger partial charge in [-0.2, -0.15) is 0 Å². The monoisotopic (exact) mass is 401 g/mol. The van der Waals surface area contributed by atoms with E-state index in [0.717, 1.165) is 10.6 Å². The third-order valence-electron chi connectivity index (χ3n) is 4.68. The molecule has 0 bridgehead atoms. The molecule has 3 rings (SSSR count). The predicted octanol–water partition coefficient (Wildman–Crippen LogP) is 0.591. The van der Waals surface area contributed by atoms with Crippen LogP contribution in [0.25, 0.3) is 0 Å². The minimum Gasteiger partial charge on any atom is -0.476 e. The fourth-order valence-corrected chi connectivity index (χ4v) is 4.33. The Morgan fingerprint density at radius 1 is 1.27 bits per heavy atom. The molecule has 2 heterocycles. The van der Waals surface area contributed by atoms with Crippen molar-refractivity contribution in [2.75, 3.05) is 30.2 Å². The second-order valence-electron chi connectivity index (χ2n) is 6.51. The Hall–Kier alpha value is -2.00. The van der Waals surface area contributed by atoms with E-state index in [1.54, 1.807) is 17.0 Å². The number of ether oxygens (including phenoxy) is 1. The molecule has 0 radical (unpaired) electrons. The highest BCUT2D eigenvalue weighted by Gasteiger charge is 2.38. The Morgan fingerprint density at radius 2 is 1.92 bits per heavy atom. The molecule has 26 heavy (non-hydrogen) atoms. The molecule has 1 saturated heterocycles. The number of amides is 2. The molecule has 2 aliphatic heterocycles. The Balaban J connectivity index is 1.80. The molecular weight excluding hydrogens is 382 g/mol. The van der Waals surface area contributed by atoms with Gasteiger partial charge in [-0.15, -0.1) is 0 Å². The van der Waals surface area contributed by atoms with E-state index in [2.05, 4.69) is 0 Å². The van der Waals surface area contributed by atoms with Crippen LogP contribution in [-0.4, -0.2) is 57.1 Å². The molecule has 0 saturated carbocycles. The van der Waals surface area contributed by atoms with Crippen LogP contribution in [-0.2, 0) is 19.6 Å². The molecule has 0 aliphatic carbocycles. The number of rotatable bonds is 3. The van der Waals surface area contributed by atoms with Gasteiger partial charge in [0.2, 0.25) is 15.9 Å². The van der Waals surface area contributed by atoms with Gasteiger partial charge in [0.05, 0.1) is 18.5 Å². The van der Waals surface area contributed by atoms with Gasteiger partial charge in [-0.05, 0) is 31.0 Å². The van der Waals surface area contributed by atoms with Crippen LogP contribution in [0.15, 0.2) is 18.2 Å². The molecule has 8 nitrogen and oxygen atoms in total. The number of nitrogens with zero attached hydrogens (tertiary/aromatic N) is 2. The maximum absolute atomic E-state index is 12.8. The van der Waals surface area contributed by atoms with Crippen molar-refractivity contribution in [2.45, 2.75) is 18.9 Å². The molecular formula is C16H20ClN3O5S. The molecule has 2 amide bonds. The van der Waals surface area contributed by atoms with Crippen LogP contribution in [0.5, 0.6) is 5.75 Å². The van der Waals surface area contributed by atoms with Crippen molar-refractivity contribution in [3.63, 3.8) is 0 Å². The van der Waals surface area contributed by atoms with E-state index in [-0.39, 0.29) is 30.0 Å². The number of fused-ring (bicyclic) bond motifs is 1. The summed E-state index contributed by atoms with van der Waals surface area (Å²) in [6.07, 6.45) is 1.11. The maximum Gasteiger partial charge on any atom is 0.265 e. The minimum atomic E-state index is -3.61. The van der Waals surface area contributed by atoms with Gasteiger partial charge >= 0.3 is 0 Å². The summed E-state index contributed by atoms with van der Waals surface area (Å²) in [7, 11) is -3.61. The molecule has 1 fully saturated rings. The summed E-state index contributed by atoms with van der Waals surface area (Å²) in [5.74, 6) is -0.611. The number of hydrogen-bond donors (Lipinski definition) is 1. The number of nitrogens with two attached hydrogens (primary N) is 1. The lowest BCUT2D eigenvalue weighted by Gasteiger charge is -2.38. The number of hydrogen-bond acceptors (Lipinski definition) is 5. The zero-order valence-corrected chi connectivity index (χ0v) is 15.8. The van der Waals surface area contributed by atoms with Gasteiger partial charge in [-0.3, -0.25) is 13.9 Å². The Labute approximate surface area is 156 Å². The van der Waals surface area contributed by atoms with Crippen molar-refractivity contribution in [3.05, 3.63) is 23.2 Å². The minimum absolute atomic E-state index is 0.124. The van der Waals surface area contributed by atoms with Gasteiger partial charge in [0.25, 0.3) is 5.91 Å². The summed E-state index contributed by atoms with van der Waals surface area (Å²) in [5, 5.41) is 0.374. The molecule has 0 aromatic heterocycles. The third-order valence-corrected chi connectivity index (χ3v) is 6.06. The van der Waals surface area contributed by atoms with Crippen molar-refractivity contribution >= 4 is 39.1 Å². The summed E-state index contributed by atoms with van der Waals surface area (Å²) in [6.45, 7) is 0.651. The normalized spacial score (nSPS) is 21.1. The lowest BCUT2D eigenvalue weighted by atomic mass is 9.96. The maximum atomic E-state index is 12.8. The van der Waals surface area contributed by atoms with Crippen molar-refractivity contribution < 1.29 is 22.7 Å². The van der Waals surface area contributed by atoms with E-state index in [4.69, 9.17) is 22.1 Å². The average Bonchev–Trinajstić information content (AvgIpc) is 2.59. The Morgan fingerprint density at radius 3 is 2.50 bits per heavy atom. The van der Waals surface area contributed by atoms with Crippen LogP contribution in [0.2, 0.25) is 5.02 Å². The number of piperidine rings is 1. The SMILES string of the molecule is CS(=O)(=O)N1C[C@H](C(=O)N2CCC(C(N)=O)CC2)Oc2ccc(Cl)cc21. The Bertz CT molecular complexity index is 836. The summed E-state index contributed by atoms with van der Waals surface area (Å²) in [6, 6.07) is 4.62. The smallest absolute Gasteiger partial charge is 0.265 e. The number of anilines is 1. The second-order valence-corrected chi connectivity index (χ2v) is 8.86. The standard InChI is InChI=1S/C16H20ClN3O5S/c1-26(23,24)20-9-14(25-13-3-2-11(17)8-12(13)20)16(22)19-6-4-10(5-7-19)15(18)21/h2-3,8,10,14H,4-7,9H2,1H3,(H2,18,21)/t14-/m1/s1. The lowest BCUT2D eigenvalue weighted by Crippen LogP contribution is -2.53. The van der Waals surface area contributed by atoms with Crippen molar-refractivity contribution in [3.8, 4) is 5.75 Å². The van der Waals surface area contributed by atoms with Crippen LogP contribution in [0.3, 0.4) is 0 Å². The molecule has 0 spiro atoms. The molecule has 10 heteroatoms. The van der Waals surface area contributed by atoms with E-state index in [0.29, 0.717) is 36.6 Å². The first-order valence-corrected chi connectivity index (χ1v) is 10.4. The molecule has 1 atom stereocenters. The van der Waals surface area contributed by atoms with Crippen LogP contribution >= 0.6 is 11.6 Å². The number of likely N-dealkylation sites (tertiary alicyclic amines) is 1. The quantitative estimate of drug-likeness (QED) is 0.797. The fraction of sp³-hybridized carbons (Fsp3) is 0.500. The second kappa shape index (κ2) is 6.96. The zero-order chi connectivity index (χ0) is 19.1. The molecule has 1 aromatic carbocycles. The Kier molecular flexibility index (Phi) is 5.03. The van der Waals surface area contributed by atoms with Gasteiger partial charge in [-0.1, -0.05) is 11.6 Å². The van der Waals surface area contributed by atoms with Gasteiger partial charge in [-0.25, -0.2) is 8.42 Å². The van der Waals surface area contributed by atoms with Gasteiger partial charge in [0, 0.05) is 24.0 Å². The van der Waals surface area contributed by atoms with Crippen molar-refractivity contribution in [1.82, 2.24) is 4.90 Å². The average molecular weight is 402 g/mol. The number of sulfonamides is 1. The van der Waals surface area contributed by atoms with E-state index in [9.17, 15) is 18.0 Å². The number of halogens is 1. The topological polar surface area (TPSA) is 110 Å². The number of benzene rings is 1. The van der Waals surface area contributed by atoms with Gasteiger partial charge < -0.3 is 15.4 Å². The molecule has 0 unspecified atom stereocenters. The number of carbonyl (C=O) groups excluding carboxylic acids is 2. The summed E-state index contributed by atoms with van der Waals surface area (Å²) >= 11 is 5.96. The van der Waals surface area contributed by atoms with Crippen LogP contribution < -0.4 is 14.8 Å². The summed E-state index contributed by atoms with van der Waals surface area (Å²) in [4.78, 5) is 25.7. The highest BCUT2D eigenvalue weighted by atomic mass is 35.5. The largest absolute Gasteiger partial charge is 0.476 e. The highest BCUT2D eigenvalue weighted by molar-refractivity contribution is 7.92. The molecule has 2 N–H and O–H groups in total. The van der Waals surface area contributed by atoms with Crippen molar-refractivity contribution in [1.29, 1.82) is 0 Å². The van der Waals surface area contributed by atoms with E-state index in [1.165, 1.54) is 6.07 Å². The lowest BCUT2D eigenvalue weighted by molar-refractivity contribution is -0.141. The summed E-state index contributed by atoms with van der Waals surface area (Å²) in [5.41, 5.74) is 5.63. The van der Waals surface area contributed by atoms with Crippen LogP contribution in [0, 0.1) is 5.92 Å². The van der Waals surface area contributed by atoms with Crippen molar-refractivity contribution in [2.24, 2.45) is 11.7 Å². The number of primary amides is 1. The van der Waals surface area contributed by atoms with E-state index < -0.39 is 16.1 Å². The summed E-state index contributed by atoms with van der Waals surface area (Å²) < 4.78 is 31.2. The zero-order valence-electron chi connectivity index (χ0n) is 14.2. The van der Waals surface area contributed by atoms with Gasteiger partial charge in [0.15, 0.2) is 6.10 Å². The molecule has 142 valence electrons. The highest BCUT2D eigenvalue weighted by Crippen LogP contribution is 2.37. The first kappa shape index (κ1) is 18.8. The fourth-order valence-electron chi connectivity index (χ4n) is 3.26. The third kappa shape index (κ3) is 3.73. The van der Waals surface area contributed by atoms with E-state index >= 15 is 0 Å². The van der Waals surface area contributed by atoms with Crippen LogP contribution in [0.1, 0.15) is 12.8 Å². The first-order chi connectivity index (χ1) is 12.2. The van der Waals surface area contributed by atoms with Crippen LogP contribution in [0.4, 0.5) is 5.69 Å². The predicted molar refractivity (Wildman–Crippen MR) is 96.6 cm³/mol.